The lowest BCUT2D eigenvalue weighted by atomic mass is 10.2. The van der Waals surface area contributed by atoms with Gasteiger partial charge in [-0.2, -0.15) is 4.09 Å². The number of benzene rings is 2. The number of hydrogen-bond donors (Lipinski definition) is 0. The van der Waals surface area contributed by atoms with Crippen LogP contribution in [0.2, 0.25) is 10.0 Å². The van der Waals surface area contributed by atoms with Crippen LogP contribution in [0.15, 0.2) is 41.2 Å². The molecule has 27 heavy (non-hydrogen) atoms. The van der Waals surface area contributed by atoms with Crippen molar-refractivity contribution >= 4 is 44.1 Å². The van der Waals surface area contributed by atoms with Gasteiger partial charge >= 0.3 is 0 Å². The summed E-state index contributed by atoms with van der Waals surface area (Å²) < 4.78 is 37.3. The van der Waals surface area contributed by atoms with Crippen molar-refractivity contribution in [2.24, 2.45) is 0 Å². The molecule has 144 valence electrons. The van der Waals surface area contributed by atoms with Crippen molar-refractivity contribution in [1.29, 1.82) is 0 Å². The summed E-state index contributed by atoms with van der Waals surface area (Å²) in [4.78, 5) is 12.8. The fourth-order valence-corrected chi connectivity index (χ4v) is 4.27. The smallest absolute Gasteiger partial charge is 0.275 e. The number of para-hydroxylation sites is 1. The van der Waals surface area contributed by atoms with Crippen LogP contribution in [-0.2, 0) is 16.6 Å². The summed E-state index contributed by atoms with van der Waals surface area (Å²) in [7, 11) is -2.27. The third kappa shape index (κ3) is 3.78. The molecule has 0 unspecified atom stereocenters. The molecule has 2 aromatic carbocycles. The minimum absolute atomic E-state index is 0.00760. The van der Waals surface area contributed by atoms with E-state index in [9.17, 15) is 13.2 Å². The molecule has 0 bridgehead atoms. The Labute approximate surface area is 165 Å². The van der Waals surface area contributed by atoms with Crippen molar-refractivity contribution in [3.8, 4) is 11.5 Å². The van der Waals surface area contributed by atoms with Gasteiger partial charge in [0.1, 0.15) is 12.4 Å². The lowest BCUT2D eigenvalue weighted by molar-refractivity contribution is 0.287. The second-order valence-electron chi connectivity index (χ2n) is 5.72. The number of fused-ring (bicyclic) bond motifs is 1. The number of ether oxygens (including phenoxy) is 2. The molecular formula is C17H16Cl2N2O5S. The molecule has 0 radical (unpaired) electrons. The highest BCUT2D eigenvalue weighted by atomic mass is 35.5. The lowest BCUT2D eigenvalue weighted by Crippen LogP contribution is -2.29. The summed E-state index contributed by atoms with van der Waals surface area (Å²) in [6.45, 7) is -0.0310. The van der Waals surface area contributed by atoms with Crippen LogP contribution < -0.4 is 15.0 Å². The molecule has 0 spiro atoms. The normalized spacial score (nSPS) is 11.7. The van der Waals surface area contributed by atoms with Gasteiger partial charge in [0, 0.05) is 0 Å². The highest BCUT2D eigenvalue weighted by Crippen LogP contribution is 2.32. The predicted molar refractivity (Wildman–Crippen MR) is 105 cm³/mol. The Morgan fingerprint density at radius 3 is 2.37 bits per heavy atom. The van der Waals surface area contributed by atoms with E-state index in [0.717, 1.165) is 15.0 Å². The summed E-state index contributed by atoms with van der Waals surface area (Å²) in [6, 6.07) is 9.54. The molecular weight excluding hydrogens is 415 g/mol. The number of methoxy groups -OCH3 is 1. The Bertz CT molecular complexity index is 1150. The van der Waals surface area contributed by atoms with Gasteiger partial charge in [0.25, 0.3) is 5.56 Å². The van der Waals surface area contributed by atoms with Crippen molar-refractivity contribution in [3.63, 3.8) is 0 Å². The van der Waals surface area contributed by atoms with Gasteiger partial charge in [0.15, 0.2) is 5.75 Å². The SMILES string of the molecule is COc1ccc2c(c1)c(=O)n(CCOc1c(Cl)cccc1Cl)n2S(C)(=O)=O. The molecule has 0 aliphatic rings. The van der Waals surface area contributed by atoms with Gasteiger partial charge in [-0.15, -0.1) is 0 Å². The second-order valence-corrected chi connectivity index (χ2v) is 8.34. The maximum atomic E-state index is 12.8. The van der Waals surface area contributed by atoms with Crippen LogP contribution in [0.1, 0.15) is 0 Å². The van der Waals surface area contributed by atoms with Crippen LogP contribution in [0.3, 0.4) is 0 Å². The van der Waals surface area contributed by atoms with E-state index in [0.29, 0.717) is 15.8 Å². The van der Waals surface area contributed by atoms with Crippen LogP contribution in [-0.4, -0.2) is 37.2 Å². The van der Waals surface area contributed by atoms with E-state index in [-0.39, 0.29) is 29.8 Å². The van der Waals surface area contributed by atoms with Gasteiger partial charge in [0.2, 0.25) is 10.0 Å². The predicted octanol–water partition coefficient (Wildman–Crippen LogP) is 3.01. The monoisotopic (exact) mass is 430 g/mol. The first kappa shape index (κ1) is 19.6. The van der Waals surface area contributed by atoms with Gasteiger partial charge in [-0.1, -0.05) is 29.3 Å². The minimum atomic E-state index is -3.74. The average molecular weight is 431 g/mol. The topological polar surface area (TPSA) is 79.5 Å². The van der Waals surface area contributed by atoms with Gasteiger partial charge in [-0.3, -0.25) is 4.79 Å². The van der Waals surface area contributed by atoms with E-state index in [1.807, 2.05) is 0 Å². The number of hydrogen-bond acceptors (Lipinski definition) is 5. The zero-order valence-electron chi connectivity index (χ0n) is 14.5. The Morgan fingerprint density at radius 2 is 1.78 bits per heavy atom. The van der Waals surface area contributed by atoms with Gasteiger partial charge in [-0.25, -0.2) is 13.1 Å². The van der Waals surface area contributed by atoms with Gasteiger partial charge in [-0.05, 0) is 30.3 Å². The van der Waals surface area contributed by atoms with Crippen molar-refractivity contribution in [2.45, 2.75) is 6.54 Å². The fraction of sp³-hybridized carbons (Fsp3) is 0.235. The van der Waals surface area contributed by atoms with Crippen LogP contribution in [0.25, 0.3) is 10.9 Å². The maximum absolute atomic E-state index is 12.8. The quantitative estimate of drug-likeness (QED) is 0.600. The summed E-state index contributed by atoms with van der Waals surface area (Å²) >= 11 is 12.1. The van der Waals surface area contributed by atoms with E-state index in [2.05, 4.69) is 0 Å². The lowest BCUT2D eigenvalue weighted by Gasteiger charge is -2.13. The highest BCUT2D eigenvalue weighted by Gasteiger charge is 2.20. The number of aromatic nitrogens is 2. The van der Waals surface area contributed by atoms with Crippen molar-refractivity contribution in [2.75, 3.05) is 20.0 Å². The molecule has 0 aliphatic carbocycles. The Morgan fingerprint density at radius 1 is 1.11 bits per heavy atom. The first-order chi connectivity index (χ1) is 12.7. The maximum Gasteiger partial charge on any atom is 0.275 e. The summed E-state index contributed by atoms with van der Waals surface area (Å²) in [5.41, 5.74) is -0.206. The second kappa shape index (κ2) is 7.46. The van der Waals surface area contributed by atoms with E-state index in [4.69, 9.17) is 32.7 Å². The Hall–Kier alpha value is -2.16. The molecule has 3 rings (SSSR count). The molecule has 0 atom stereocenters. The molecule has 1 heterocycles. The zero-order valence-corrected chi connectivity index (χ0v) is 16.8. The third-order valence-corrected chi connectivity index (χ3v) is 5.49. The molecule has 0 saturated heterocycles. The molecule has 0 aliphatic heterocycles. The Kier molecular flexibility index (Phi) is 5.41. The molecule has 1 aromatic heterocycles. The third-order valence-electron chi connectivity index (χ3n) is 3.88. The molecule has 3 aromatic rings. The van der Waals surface area contributed by atoms with E-state index >= 15 is 0 Å². The van der Waals surface area contributed by atoms with Crippen LogP contribution >= 0.6 is 23.2 Å². The van der Waals surface area contributed by atoms with Crippen molar-refractivity contribution < 1.29 is 17.9 Å². The summed E-state index contributed by atoms with van der Waals surface area (Å²) in [5, 5.41) is 0.877. The standard InChI is InChI=1S/C17H16Cl2N2O5S/c1-25-11-6-7-15-12(10-11)17(22)20(21(15)27(2,23)24)8-9-26-16-13(18)4-3-5-14(16)19/h3-7,10H,8-9H2,1-2H3. The minimum Gasteiger partial charge on any atom is -0.497 e. The van der Waals surface area contributed by atoms with E-state index in [1.165, 1.54) is 19.2 Å². The van der Waals surface area contributed by atoms with Gasteiger partial charge < -0.3 is 9.47 Å². The summed E-state index contributed by atoms with van der Waals surface area (Å²) in [6.07, 6.45) is 1.03. The van der Waals surface area contributed by atoms with Gasteiger partial charge in [0.05, 0.1) is 40.9 Å². The molecule has 0 saturated carbocycles. The number of halogens is 2. The van der Waals surface area contributed by atoms with Crippen LogP contribution in [0.5, 0.6) is 11.5 Å². The largest absolute Gasteiger partial charge is 0.497 e. The molecule has 0 amide bonds. The van der Waals surface area contributed by atoms with E-state index in [1.54, 1.807) is 24.3 Å². The fourth-order valence-electron chi connectivity index (χ4n) is 2.74. The molecule has 0 fully saturated rings. The molecule has 7 nitrogen and oxygen atoms in total. The van der Waals surface area contributed by atoms with Crippen molar-refractivity contribution in [3.05, 3.63) is 56.8 Å². The molecule has 0 N–H and O–H groups in total. The van der Waals surface area contributed by atoms with E-state index < -0.39 is 15.6 Å². The van der Waals surface area contributed by atoms with Crippen LogP contribution in [0.4, 0.5) is 0 Å². The first-order valence-electron chi connectivity index (χ1n) is 7.81. The summed E-state index contributed by atoms with van der Waals surface area (Å²) in [5.74, 6) is 0.731. The highest BCUT2D eigenvalue weighted by molar-refractivity contribution is 7.89. The Balaban J connectivity index is 2.01. The first-order valence-corrected chi connectivity index (χ1v) is 10.4. The average Bonchev–Trinajstić information content (AvgIpc) is 2.89. The molecule has 10 heteroatoms. The van der Waals surface area contributed by atoms with Crippen molar-refractivity contribution in [1.82, 2.24) is 8.77 Å². The van der Waals surface area contributed by atoms with Crippen LogP contribution in [0, 0.1) is 0 Å². The number of rotatable bonds is 6. The zero-order chi connectivity index (χ0) is 19.8. The number of nitrogens with zero attached hydrogens (tertiary/aromatic N) is 2.